The van der Waals surface area contributed by atoms with E-state index < -0.39 is 63.6 Å². The summed E-state index contributed by atoms with van der Waals surface area (Å²) in [5.41, 5.74) is 4.19. The van der Waals surface area contributed by atoms with E-state index in [1.54, 1.807) is 66.7 Å². The maximum Gasteiger partial charge on any atom is 0.420 e. The van der Waals surface area contributed by atoms with Gasteiger partial charge in [-0.25, -0.2) is 32.8 Å². The number of aromatic nitrogens is 2. The molecular weight excluding hydrogens is 602 g/mol. The van der Waals surface area contributed by atoms with E-state index in [1.165, 1.54) is 23.2 Å². The van der Waals surface area contributed by atoms with Crippen LogP contribution in [0.15, 0.2) is 42.6 Å². The van der Waals surface area contributed by atoms with Gasteiger partial charge in [-0.1, -0.05) is 12.1 Å². The summed E-state index contributed by atoms with van der Waals surface area (Å²) in [7, 11) is 2.29. The van der Waals surface area contributed by atoms with Crippen molar-refractivity contribution in [1.29, 1.82) is 0 Å². The molecule has 0 atom stereocenters. The van der Waals surface area contributed by atoms with Crippen LogP contribution in [0, 0.1) is 18.6 Å². The fraction of sp³-hybridized carbons (Fsp3) is 0.333. The zero-order valence-corrected chi connectivity index (χ0v) is 27.1. The summed E-state index contributed by atoms with van der Waals surface area (Å²) in [6, 6.07) is 8.71. The van der Waals surface area contributed by atoms with Crippen molar-refractivity contribution in [2.75, 3.05) is 24.9 Å². The van der Waals surface area contributed by atoms with E-state index in [2.05, 4.69) is 4.98 Å². The number of fused-ring (bicyclic) bond motifs is 1. The van der Waals surface area contributed by atoms with E-state index in [0.29, 0.717) is 11.3 Å². The van der Waals surface area contributed by atoms with Gasteiger partial charge in [0.15, 0.2) is 23.1 Å². The highest BCUT2D eigenvalue weighted by atomic mass is 19.1. The van der Waals surface area contributed by atoms with E-state index in [9.17, 15) is 14.4 Å². The molecule has 2 aromatic heterocycles. The van der Waals surface area contributed by atoms with Gasteiger partial charge in [0, 0.05) is 11.5 Å². The molecule has 244 valence electrons. The molecule has 0 aliphatic rings. The van der Waals surface area contributed by atoms with Crippen molar-refractivity contribution in [2.45, 2.75) is 59.7 Å². The summed E-state index contributed by atoms with van der Waals surface area (Å²) < 4.78 is 53.0. The monoisotopic (exact) mass is 638 g/mol. The number of pyridine rings is 1. The van der Waals surface area contributed by atoms with Crippen LogP contribution in [-0.4, -0.2) is 52.9 Å². The van der Waals surface area contributed by atoms with E-state index in [-0.39, 0.29) is 22.4 Å². The van der Waals surface area contributed by atoms with E-state index in [1.807, 2.05) is 0 Å². The molecule has 0 aliphatic heterocycles. The maximum absolute atomic E-state index is 15.5. The minimum absolute atomic E-state index is 0.0310. The third-order valence-corrected chi connectivity index (χ3v) is 6.58. The van der Waals surface area contributed by atoms with Crippen LogP contribution >= 0.6 is 0 Å². The molecule has 4 aromatic rings. The van der Waals surface area contributed by atoms with Crippen molar-refractivity contribution in [1.82, 2.24) is 9.55 Å². The Labute approximate surface area is 264 Å². The molecule has 0 unspecified atom stereocenters. The first-order valence-corrected chi connectivity index (χ1v) is 14.2. The number of aryl methyl sites for hydroxylation is 1. The lowest BCUT2D eigenvalue weighted by molar-refractivity contribution is 0.0534. The van der Waals surface area contributed by atoms with Gasteiger partial charge in [0.2, 0.25) is 5.78 Å². The van der Waals surface area contributed by atoms with Crippen molar-refractivity contribution in [3.63, 3.8) is 0 Å². The van der Waals surface area contributed by atoms with Crippen molar-refractivity contribution in [3.8, 4) is 11.5 Å². The molecule has 11 nitrogen and oxygen atoms in total. The number of anilines is 3. The van der Waals surface area contributed by atoms with Gasteiger partial charge in [-0.3, -0.25) is 4.79 Å². The first kappa shape index (κ1) is 33.7. The summed E-state index contributed by atoms with van der Waals surface area (Å²) in [6.45, 7) is 11.7. The minimum atomic E-state index is -1.29. The topological polar surface area (TPSA) is 135 Å². The molecule has 1 amide bonds. The summed E-state index contributed by atoms with van der Waals surface area (Å²) in [6.07, 6.45) is -0.574. The fourth-order valence-electron chi connectivity index (χ4n) is 4.70. The van der Waals surface area contributed by atoms with Gasteiger partial charge in [0.05, 0.1) is 37.3 Å². The average Bonchev–Trinajstić information content (AvgIpc) is 3.32. The summed E-state index contributed by atoms with van der Waals surface area (Å²) in [5, 5.41) is 0.204. The molecule has 0 radical (unpaired) electrons. The van der Waals surface area contributed by atoms with Crippen molar-refractivity contribution < 1.29 is 42.1 Å². The second kappa shape index (κ2) is 12.3. The zero-order valence-electron chi connectivity index (χ0n) is 27.1. The Balaban J connectivity index is 2.01. The molecule has 0 saturated heterocycles. The van der Waals surface area contributed by atoms with Gasteiger partial charge in [0.25, 0.3) is 0 Å². The number of rotatable bonds is 6. The number of nitrogens with zero attached hydrogens (tertiary/aromatic N) is 3. The lowest BCUT2D eigenvalue weighted by atomic mass is 10.0. The third-order valence-electron chi connectivity index (χ3n) is 6.58. The highest BCUT2D eigenvalue weighted by molar-refractivity contribution is 6.14. The quantitative estimate of drug-likeness (QED) is 0.170. The number of benzene rings is 2. The minimum Gasteiger partial charge on any atom is -0.494 e. The Morgan fingerprint density at radius 2 is 1.48 bits per heavy atom. The van der Waals surface area contributed by atoms with E-state index in [4.69, 9.17) is 24.7 Å². The molecule has 2 heterocycles. The lowest BCUT2D eigenvalue weighted by Gasteiger charge is -2.28. The highest BCUT2D eigenvalue weighted by Crippen LogP contribution is 2.37. The van der Waals surface area contributed by atoms with Crippen LogP contribution < -0.4 is 20.1 Å². The number of hydrogen-bond acceptors (Lipinski definition) is 9. The van der Waals surface area contributed by atoms with Gasteiger partial charge >= 0.3 is 12.2 Å². The second-order valence-corrected chi connectivity index (χ2v) is 12.4. The second-order valence-electron chi connectivity index (χ2n) is 12.4. The molecule has 4 rings (SSSR count). The normalized spacial score (nSPS) is 11.7. The number of nitrogen functional groups attached to an aromatic ring is 1. The smallest absolute Gasteiger partial charge is 0.420 e. The van der Waals surface area contributed by atoms with Gasteiger partial charge in [-0.15, -0.1) is 0 Å². The van der Waals surface area contributed by atoms with Crippen LogP contribution in [0.2, 0.25) is 0 Å². The summed E-state index contributed by atoms with van der Waals surface area (Å²) in [5.74, 6) is -4.66. The number of amides is 1. The Morgan fingerprint density at radius 1 is 0.891 bits per heavy atom. The van der Waals surface area contributed by atoms with E-state index in [0.717, 1.165) is 24.9 Å². The molecule has 2 N–H and O–H groups in total. The Bertz CT molecular complexity index is 1810. The third kappa shape index (κ3) is 6.58. The predicted octanol–water partition coefficient (Wildman–Crippen LogP) is 7.31. The number of carbonyl (C=O) groups excluding carboxylic acids is 3. The van der Waals surface area contributed by atoms with Gasteiger partial charge in [-0.2, -0.15) is 0 Å². The van der Waals surface area contributed by atoms with Gasteiger partial charge < -0.3 is 24.7 Å². The lowest BCUT2D eigenvalue weighted by Crippen LogP contribution is -2.35. The van der Waals surface area contributed by atoms with Crippen LogP contribution in [-0.2, 0) is 9.47 Å². The molecule has 0 fully saturated rings. The standard InChI is InChI=1S/C33H36F2N4O7/c1-17-11-10-12-19(36)28(17)39(31(42)46-33(5,6)7)24-14-18-13-20(38(21(18)16-37-24)30(41)45-32(2,3)4)29(40)25-26(34)22(43-8)15-23(44-9)27(25)35/h10-16H,36H2,1-9H3. The highest BCUT2D eigenvalue weighted by Gasteiger charge is 2.33. The predicted molar refractivity (Wildman–Crippen MR) is 168 cm³/mol. The molecule has 0 bridgehead atoms. The Morgan fingerprint density at radius 3 is 2.00 bits per heavy atom. The Hall–Kier alpha value is -5.20. The summed E-state index contributed by atoms with van der Waals surface area (Å²) in [4.78, 5) is 46.7. The number of methoxy groups -OCH3 is 2. The van der Waals surface area contributed by atoms with Crippen molar-refractivity contribution in [3.05, 3.63) is 71.1 Å². The fourth-order valence-corrected chi connectivity index (χ4v) is 4.70. The van der Waals surface area contributed by atoms with Crippen LogP contribution in [0.4, 0.5) is 35.6 Å². The number of nitrogens with two attached hydrogens (primary N) is 1. The van der Waals surface area contributed by atoms with Crippen molar-refractivity contribution in [2.24, 2.45) is 0 Å². The van der Waals surface area contributed by atoms with Gasteiger partial charge in [-0.05, 0) is 72.2 Å². The number of carbonyl (C=O) groups is 3. The molecule has 13 heteroatoms. The largest absolute Gasteiger partial charge is 0.494 e. The average molecular weight is 639 g/mol. The van der Waals surface area contributed by atoms with E-state index >= 15 is 8.78 Å². The number of ether oxygens (including phenoxy) is 4. The van der Waals surface area contributed by atoms with Crippen LogP contribution in [0.1, 0.15) is 63.2 Å². The van der Waals surface area contributed by atoms with Gasteiger partial charge in [0.1, 0.15) is 28.3 Å². The van der Waals surface area contributed by atoms with Crippen LogP contribution in [0.5, 0.6) is 11.5 Å². The maximum atomic E-state index is 15.5. The molecule has 46 heavy (non-hydrogen) atoms. The number of halogens is 2. The van der Waals surface area contributed by atoms with Crippen LogP contribution in [0.3, 0.4) is 0 Å². The molecule has 0 aliphatic carbocycles. The molecule has 0 saturated carbocycles. The Kier molecular flexibility index (Phi) is 9.01. The first-order chi connectivity index (χ1) is 21.4. The zero-order chi connectivity index (χ0) is 34.3. The molecular formula is C33H36F2N4O7. The number of para-hydroxylation sites is 1. The van der Waals surface area contributed by atoms with Crippen molar-refractivity contribution >= 4 is 46.1 Å². The summed E-state index contributed by atoms with van der Waals surface area (Å²) >= 11 is 0. The number of ketones is 1. The molecule has 0 spiro atoms. The SMILES string of the molecule is COc1cc(OC)c(F)c(C(=O)c2cc3cc(N(C(=O)OC(C)(C)C)c4c(C)cccc4N)ncc3n2C(=O)OC(C)(C)C)c1F. The first-order valence-electron chi connectivity index (χ1n) is 14.2. The number of hydrogen-bond donors (Lipinski definition) is 1. The van der Waals surface area contributed by atoms with Crippen LogP contribution in [0.25, 0.3) is 10.9 Å². The molecule has 2 aromatic carbocycles.